The third-order valence-corrected chi connectivity index (χ3v) is 6.27. The van der Waals surface area contributed by atoms with Crippen LogP contribution in [0, 0.1) is 5.41 Å². The second kappa shape index (κ2) is 10.0. The highest BCUT2D eigenvalue weighted by Gasteiger charge is 2.25. The Balaban J connectivity index is 1.49. The van der Waals surface area contributed by atoms with Crippen molar-refractivity contribution in [3.8, 4) is 11.3 Å². The van der Waals surface area contributed by atoms with Gasteiger partial charge in [0.05, 0.1) is 11.9 Å². The number of hydrogen-bond acceptors (Lipinski definition) is 4. The molecule has 0 saturated carbocycles. The Morgan fingerprint density at radius 1 is 1.13 bits per heavy atom. The molecular weight excluding hydrogens is 406 g/mol. The molecule has 3 aromatic rings. The van der Waals surface area contributed by atoms with Crippen molar-refractivity contribution in [2.24, 2.45) is 4.99 Å². The molecule has 1 aliphatic heterocycles. The van der Waals surface area contributed by atoms with Crippen LogP contribution in [0.1, 0.15) is 30.0 Å². The van der Waals surface area contributed by atoms with E-state index in [2.05, 4.69) is 46.3 Å². The Kier molecular flexibility index (Phi) is 6.95. The minimum atomic E-state index is 0.401. The third kappa shape index (κ3) is 5.12. The van der Waals surface area contributed by atoms with Crippen LogP contribution >= 0.6 is 11.6 Å². The molecule has 1 N–H and O–H groups in total. The van der Waals surface area contributed by atoms with E-state index >= 15 is 0 Å². The minimum absolute atomic E-state index is 0.401. The van der Waals surface area contributed by atoms with E-state index in [-0.39, 0.29) is 0 Å². The predicted octanol–water partition coefficient (Wildman–Crippen LogP) is 5.15. The first-order valence-corrected chi connectivity index (χ1v) is 11.2. The van der Waals surface area contributed by atoms with Gasteiger partial charge in [0.1, 0.15) is 0 Å². The molecule has 160 valence electrons. The quantitative estimate of drug-likeness (QED) is 0.431. The first kappa shape index (κ1) is 21.5. The highest BCUT2D eigenvalue weighted by atomic mass is 35.5. The molecule has 31 heavy (non-hydrogen) atoms. The summed E-state index contributed by atoms with van der Waals surface area (Å²) in [6, 6.07) is 20.6. The Labute approximate surface area is 188 Å². The zero-order valence-corrected chi connectivity index (χ0v) is 18.6. The molecule has 0 aliphatic carbocycles. The summed E-state index contributed by atoms with van der Waals surface area (Å²) in [5, 5.41) is 13.3. The number of hydrogen-bond donors (Lipinski definition) is 1. The lowest BCUT2D eigenvalue weighted by Crippen LogP contribution is -2.35. The number of rotatable bonds is 6. The number of likely N-dealkylation sites (tertiary alicyclic amines) is 1. The van der Waals surface area contributed by atoms with E-state index in [1.54, 1.807) is 7.05 Å². The first-order chi connectivity index (χ1) is 15.2. The second-order valence-electron chi connectivity index (χ2n) is 7.95. The summed E-state index contributed by atoms with van der Waals surface area (Å²) < 4.78 is 1.85. The average molecular weight is 434 g/mol. The number of halogens is 1. The van der Waals surface area contributed by atoms with Gasteiger partial charge < -0.3 is 10.3 Å². The van der Waals surface area contributed by atoms with Gasteiger partial charge in [-0.05, 0) is 56.1 Å². The number of benzene rings is 2. The van der Waals surface area contributed by atoms with E-state index in [1.807, 2.05) is 28.9 Å². The van der Waals surface area contributed by atoms with Crippen molar-refractivity contribution in [1.82, 2.24) is 14.7 Å². The topological polar surface area (TPSA) is 57.3 Å². The molecule has 0 unspecified atom stereocenters. The minimum Gasteiger partial charge on any atom is -0.305 e. The van der Waals surface area contributed by atoms with Gasteiger partial charge in [-0.1, -0.05) is 54.1 Å². The van der Waals surface area contributed by atoms with Crippen LogP contribution in [0.5, 0.6) is 0 Å². The first-order valence-electron chi connectivity index (χ1n) is 10.8. The zero-order valence-electron chi connectivity index (χ0n) is 17.8. The maximum Gasteiger partial charge on any atom is 0.166 e. The molecule has 4 rings (SSSR count). The van der Waals surface area contributed by atoms with E-state index < -0.39 is 0 Å². The van der Waals surface area contributed by atoms with Crippen molar-refractivity contribution < 1.29 is 0 Å². The summed E-state index contributed by atoms with van der Waals surface area (Å²) in [6.45, 7) is 3.23. The van der Waals surface area contributed by atoms with Crippen LogP contribution in [0.15, 0.2) is 65.7 Å². The maximum absolute atomic E-state index is 7.78. The average Bonchev–Trinajstić information content (AvgIpc) is 3.25. The van der Waals surface area contributed by atoms with Gasteiger partial charge in [-0.2, -0.15) is 5.10 Å². The van der Waals surface area contributed by atoms with Gasteiger partial charge in [0.15, 0.2) is 5.84 Å². The largest absolute Gasteiger partial charge is 0.305 e. The Hall–Kier alpha value is -2.76. The van der Waals surface area contributed by atoms with Crippen molar-refractivity contribution in [1.29, 1.82) is 5.41 Å². The number of piperidine rings is 1. The molecule has 1 fully saturated rings. The lowest BCUT2D eigenvalue weighted by atomic mass is 9.92. The number of nitrogens with zero attached hydrogens (tertiary/aromatic N) is 4. The van der Waals surface area contributed by atoms with Crippen LogP contribution in [0.25, 0.3) is 11.3 Å². The lowest BCUT2D eigenvalue weighted by molar-refractivity contribution is 0.212. The second-order valence-corrected chi connectivity index (χ2v) is 8.39. The van der Waals surface area contributed by atoms with Crippen molar-refractivity contribution in [2.75, 3.05) is 26.7 Å². The van der Waals surface area contributed by atoms with Crippen LogP contribution < -0.4 is 0 Å². The summed E-state index contributed by atoms with van der Waals surface area (Å²) in [7, 11) is 1.71. The van der Waals surface area contributed by atoms with Crippen molar-refractivity contribution >= 4 is 23.7 Å². The molecule has 0 atom stereocenters. The van der Waals surface area contributed by atoms with Gasteiger partial charge in [-0.3, -0.25) is 4.99 Å². The van der Waals surface area contributed by atoms with Gasteiger partial charge >= 0.3 is 0 Å². The maximum atomic E-state index is 7.78. The lowest BCUT2D eigenvalue weighted by Gasteiger charge is -2.32. The summed E-state index contributed by atoms with van der Waals surface area (Å²) >= 11 is 6.05. The smallest absolute Gasteiger partial charge is 0.166 e. The van der Waals surface area contributed by atoms with E-state index in [9.17, 15) is 0 Å². The molecule has 6 heteroatoms. The fraction of sp³-hybridized carbons (Fsp3) is 0.320. The van der Waals surface area contributed by atoms with E-state index in [0.29, 0.717) is 16.8 Å². The van der Waals surface area contributed by atoms with E-state index in [1.165, 1.54) is 11.8 Å². The molecule has 1 aromatic heterocycles. The zero-order chi connectivity index (χ0) is 21.6. The summed E-state index contributed by atoms with van der Waals surface area (Å²) in [5.74, 6) is 0.958. The molecule has 0 spiro atoms. The summed E-state index contributed by atoms with van der Waals surface area (Å²) in [4.78, 5) is 6.83. The van der Waals surface area contributed by atoms with E-state index in [4.69, 9.17) is 22.1 Å². The van der Waals surface area contributed by atoms with Crippen LogP contribution in [0.2, 0.25) is 5.02 Å². The van der Waals surface area contributed by atoms with Crippen molar-refractivity contribution in [3.05, 3.63) is 76.9 Å². The van der Waals surface area contributed by atoms with Gasteiger partial charge in [0, 0.05) is 35.8 Å². The predicted molar refractivity (Wildman–Crippen MR) is 129 cm³/mol. The number of nitrogens with one attached hydrogen (secondary N) is 1. The Morgan fingerprint density at radius 2 is 1.84 bits per heavy atom. The van der Waals surface area contributed by atoms with Crippen molar-refractivity contribution in [3.63, 3.8) is 0 Å². The highest BCUT2D eigenvalue weighted by molar-refractivity contribution is 6.30. The third-order valence-electron chi connectivity index (χ3n) is 6.02. The molecule has 0 bridgehead atoms. The fourth-order valence-corrected chi connectivity index (χ4v) is 4.36. The van der Waals surface area contributed by atoms with Crippen molar-refractivity contribution in [2.45, 2.75) is 25.2 Å². The van der Waals surface area contributed by atoms with Crippen LogP contribution in [-0.2, 0) is 6.42 Å². The monoisotopic (exact) mass is 433 g/mol. The van der Waals surface area contributed by atoms with E-state index in [0.717, 1.165) is 55.8 Å². The van der Waals surface area contributed by atoms with Crippen LogP contribution in [0.4, 0.5) is 0 Å². The summed E-state index contributed by atoms with van der Waals surface area (Å²) in [5.41, 5.74) is 4.44. The normalized spacial score (nSPS) is 15.9. The summed E-state index contributed by atoms with van der Waals surface area (Å²) in [6.07, 6.45) is 4.52. The number of aliphatic imine (C=N–C) groups is 1. The molecule has 1 saturated heterocycles. The molecule has 0 radical (unpaired) electrons. The molecule has 0 amide bonds. The van der Waals surface area contributed by atoms with Crippen LogP contribution in [0.3, 0.4) is 0 Å². The standard InChI is InChI=1S/C25H28ClN5/c1-28-25(18-27)31-24(17-23(29-31)20-7-9-22(26)10-8-20)21-12-15-30(16-13-21)14-11-19-5-3-2-4-6-19/h2-10,17-18,21,27H,11-16H2,1H3. The number of aromatic nitrogens is 2. The Morgan fingerprint density at radius 3 is 2.48 bits per heavy atom. The fourth-order valence-electron chi connectivity index (χ4n) is 4.24. The molecule has 2 aromatic carbocycles. The van der Waals surface area contributed by atoms with Gasteiger partial charge in [-0.25, -0.2) is 4.68 Å². The van der Waals surface area contributed by atoms with Gasteiger partial charge in [-0.15, -0.1) is 0 Å². The molecule has 2 heterocycles. The molecule has 5 nitrogen and oxygen atoms in total. The SMILES string of the molecule is CN=C(C=N)n1nc(-c2ccc(Cl)cc2)cc1C1CCN(CCc2ccccc2)CC1. The van der Waals surface area contributed by atoms with Gasteiger partial charge in [0.25, 0.3) is 0 Å². The van der Waals surface area contributed by atoms with Gasteiger partial charge in [0.2, 0.25) is 0 Å². The van der Waals surface area contributed by atoms with Crippen LogP contribution in [-0.4, -0.2) is 53.4 Å². The molecule has 1 aliphatic rings. The molecular formula is C25H28ClN5. The highest BCUT2D eigenvalue weighted by Crippen LogP contribution is 2.31. The Bertz CT molecular complexity index is 1030.